The van der Waals surface area contributed by atoms with Gasteiger partial charge in [-0.2, -0.15) is 4.37 Å². The van der Waals surface area contributed by atoms with Gasteiger partial charge in [0.25, 0.3) is 0 Å². The van der Waals surface area contributed by atoms with Crippen molar-refractivity contribution in [2.45, 2.75) is 0 Å². The molecule has 0 bridgehead atoms. The average molecular weight is 307 g/mol. The van der Waals surface area contributed by atoms with Crippen LogP contribution in [0.3, 0.4) is 0 Å². The first-order chi connectivity index (χ1) is 10.2. The number of anilines is 2. The predicted molar refractivity (Wildman–Crippen MR) is 87.6 cm³/mol. The monoisotopic (exact) mass is 307 g/mol. The van der Waals surface area contributed by atoms with Gasteiger partial charge in [0.1, 0.15) is 10.8 Å². The lowest BCUT2D eigenvalue weighted by molar-refractivity contribution is 0.163. The quantitative estimate of drug-likeness (QED) is 0.774. The molecule has 21 heavy (non-hydrogen) atoms. The fourth-order valence-electron chi connectivity index (χ4n) is 1.94. The second kappa shape index (κ2) is 7.92. The third-order valence-corrected chi connectivity index (χ3v) is 3.96. The number of rotatable bonds is 8. The summed E-state index contributed by atoms with van der Waals surface area (Å²) in [6.07, 6.45) is 3.52. The Hall–Kier alpha value is -1.70. The van der Waals surface area contributed by atoms with Crippen LogP contribution in [-0.2, 0) is 4.74 Å². The van der Waals surface area contributed by atoms with Gasteiger partial charge in [0.2, 0.25) is 0 Å². The Morgan fingerprint density at radius 1 is 1.33 bits per heavy atom. The number of pyridine rings is 1. The second-order valence-electron chi connectivity index (χ2n) is 4.73. The van der Waals surface area contributed by atoms with Crippen LogP contribution in [0, 0.1) is 0 Å². The van der Waals surface area contributed by atoms with E-state index in [-0.39, 0.29) is 0 Å². The first kappa shape index (κ1) is 15.7. The van der Waals surface area contributed by atoms with Crippen LogP contribution in [0.2, 0.25) is 0 Å². The lowest BCUT2D eigenvalue weighted by atomic mass is 10.1. The van der Waals surface area contributed by atoms with E-state index in [1.807, 2.05) is 12.1 Å². The van der Waals surface area contributed by atoms with E-state index in [1.165, 1.54) is 11.5 Å². The molecule has 0 aromatic carbocycles. The highest BCUT2D eigenvalue weighted by Gasteiger charge is 2.13. The number of ether oxygens (including phenoxy) is 1. The molecule has 0 aliphatic heterocycles. The van der Waals surface area contributed by atoms with Crippen molar-refractivity contribution in [2.24, 2.45) is 0 Å². The summed E-state index contributed by atoms with van der Waals surface area (Å²) >= 11 is 1.39. The van der Waals surface area contributed by atoms with Crippen molar-refractivity contribution in [3.63, 3.8) is 0 Å². The standard InChI is InChI=1S/C14H21N5OS/c1-19(9-10-20-2)8-7-17-14-12(13(15)18-21-14)11-3-5-16-6-4-11/h3-6,17H,7-10H2,1-2H3,(H2,15,18). The average Bonchev–Trinajstić information content (AvgIpc) is 2.87. The zero-order valence-corrected chi connectivity index (χ0v) is 13.2. The maximum Gasteiger partial charge on any atom is 0.147 e. The molecule has 2 aromatic rings. The summed E-state index contributed by atoms with van der Waals surface area (Å²) in [5, 5.41) is 4.41. The smallest absolute Gasteiger partial charge is 0.147 e. The fourth-order valence-corrected chi connectivity index (χ4v) is 2.70. The SMILES string of the molecule is COCCN(C)CCNc1snc(N)c1-c1ccncc1. The van der Waals surface area contributed by atoms with Crippen molar-refractivity contribution in [1.82, 2.24) is 14.3 Å². The summed E-state index contributed by atoms with van der Waals surface area (Å²) in [6, 6.07) is 3.88. The molecular weight excluding hydrogens is 286 g/mol. The molecule has 3 N–H and O–H groups in total. The Morgan fingerprint density at radius 2 is 2.10 bits per heavy atom. The highest BCUT2D eigenvalue weighted by molar-refractivity contribution is 7.11. The first-order valence-electron chi connectivity index (χ1n) is 6.79. The van der Waals surface area contributed by atoms with Gasteiger partial charge >= 0.3 is 0 Å². The molecule has 0 aliphatic carbocycles. The largest absolute Gasteiger partial charge is 0.383 e. The number of nitrogens with two attached hydrogens (primary N) is 1. The van der Waals surface area contributed by atoms with Gasteiger partial charge in [-0.05, 0) is 36.3 Å². The van der Waals surface area contributed by atoms with Gasteiger partial charge in [-0.15, -0.1) is 0 Å². The normalized spacial score (nSPS) is 11.0. The maximum absolute atomic E-state index is 5.98. The Bertz CT molecular complexity index is 546. The van der Waals surface area contributed by atoms with Crippen molar-refractivity contribution in [3.8, 4) is 11.1 Å². The molecule has 0 saturated carbocycles. The van der Waals surface area contributed by atoms with E-state index in [2.05, 4.69) is 26.6 Å². The molecule has 2 rings (SSSR count). The number of nitrogens with zero attached hydrogens (tertiary/aromatic N) is 3. The Morgan fingerprint density at radius 3 is 2.81 bits per heavy atom. The predicted octanol–water partition coefficient (Wildman–Crippen LogP) is 1.78. The molecule has 2 heterocycles. The summed E-state index contributed by atoms with van der Waals surface area (Å²) in [6.45, 7) is 3.42. The van der Waals surface area contributed by atoms with E-state index in [1.54, 1.807) is 19.5 Å². The number of hydrogen-bond acceptors (Lipinski definition) is 7. The summed E-state index contributed by atoms with van der Waals surface area (Å²) in [5.74, 6) is 0.557. The van der Waals surface area contributed by atoms with Crippen molar-refractivity contribution in [2.75, 3.05) is 51.4 Å². The molecule has 0 spiro atoms. The minimum atomic E-state index is 0.557. The van der Waals surface area contributed by atoms with E-state index in [9.17, 15) is 0 Å². The molecule has 0 radical (unpaired) electrons. The van der Waals surface area contributed by atoms with Crippen LogP contribution >= 0.6 is 11.5 Å². The molecular formula is C14H21N5OS. The number of nitrogen functional groups attached to an aromatic ring is 1. The topological polar surface area (TPSA) is 76.3 Å². The van der Waals surface area contributed by atoms with E-state index in [0.29, 0.717) is 5.82 Å². The van der Waals surface area contributed by atoms with Crippen LogP contribution < -0.4 is 11.1 Å². The number of hydrogen-bond donors (Lipinski definition) is 2. The van der Waals surface area contributed by atoms with Gasteiger partial charge in [-0.3, -0.25) is 4.98 Å². The van der Waals surface area contributed by atoms with E-state index in [4.69, 9.17) is 10.5 Å². The Labute approximate surface area is 129 Å². The molecule has 0 unspecified atom stereocenters. The van der Waals surface area contributed by atoms with Crippen LogP contribution in [0.4, 0.5) is 10.8 Å². The van der Waals surface area contributed by atoms with Crippen LogP contribution in [-0.4, -0.2) is 54.7 Å². The summed E-state index contributed by atoms with van der Waals surface area (Å²) in [4.78, 5) is 6.25. The van der Waals surface area contributed by atoms with E-state index >= 15 is 0 Å². The van der Waals surface area contributed by atoms with Gasteiger partial charge in [0, 0.05) is 39.1 Å². The molecule has 7 heteroatoms. The summed E-state index contributed by atoms with van der Waals surface area (Å²) < 4.78 is 9.31. The number of methoxy groups -OCH3 is 1. The van der Waals surface area contributed by atoms with Gasteiger partial charge in [0.15, 0.2) is 0 Å². The van der Waals surface area contributed by atoms with E-state index in [0.717, 1.165) is 42.4 Å². The van der Waals surface area contributed by atoms with Crippen LogP contribution in [0.15, 0.2) is 24.5 Å². The van der Waals surface area contributed by atoms with Crippen molar-refractivity contribution in [3.05, 3.63) is 24.5 Å². The third kappa shape index (κ3) is 4.38. The van der Waals surface area contributed by atoms with Gasteiger partial charge in [-0.25, -0.2) is 0 Å². The molecule has 0 atom stereocenters. The lowest BCUT2D eigenvalue weighted by Crippen LogP contribution is -2.28. The molecule has 0 saturated heterocycles. The summed E-state index contributed by atoms with van der Waals surface area (Å²) in [5.41, 5.74) is 7.98. The highest BCUT2D eigenvalue weighted by atomic mass is 32.1. The van der Waals surface area contributed by atoms with Crippen molar-refractivity contribution in [1.29, 1.82) is 0 Å². The minimum absolute atomic E-state index is 0.557. The van der Waals surface area contributed by atoms with Crippen LogP contribution in [0.1, 0.15) is 0 Å². The van der Waals surface area contributed by atoms with Crippen molar-refractivity contribution >= 4 is 22.4 Å². The molecule has 0 amide bonds. The maximum atomic E-state index is 5.98. The van der Waals surface area contributed by atoms with Gasteiger partial charge in [0.05, 0.1) is 12.2 Å². The zero-order chi connectivity index (χ0) is 15.1. The zero-order valence-electron chi connectivity index (χ0n) is 12.4. The third-order valence-electron chi connectivity index (χ3n) is 3.14. The molecule has 0 aliphatic rings. The molecule has 114 valence electrons. The van der Waals surface area contributed by atoms with Crippen molar-refractivity contribution < 1.29 is 4.74 Å². The molecule has 2 aromatic heterocycles. The summed E-state index contributed by atoms with van der Waals surface area (Å²) in [7, 11) is 3.79. The number of aromatic nitrogens is 2. The van der Waals surface area contributed by atoms with Crippen LogP contribution in [0.5, 0.6) is 0 Å². The highest BCUT2D eigenvalue weighted by Crippen LogP contribution is 2.36. The first-order valence-corrected chi connectivity index (χ1v) is 7.56. The van der Waals surface area contributed by atoms with Crippen LogP contribution in [0.25, 0.3) is 11.1 Å². The Balaban J connectivity index is 1.96. The second-order valence-corrected chi connectivity index (χ2v) is 5.50. The number of likely N-dealkylation sites (N-methyl/N-ethyl adjacent to an activating group) is 1. The lowest BCUT2D eigenvalue weighted by Gasteiger charge is -2.16. The molecule has 6 nitrogen and oxygen atoms in total. The van der Waals surface area contributed by atoms with Gasteiger partial charge < -0.3 is 20.7 Å². The fraction of sp³-hybridized carbons (Fsp3) is 0.429. The Kier molecular flexibility index (Phi) is 5.91. The molecule has 0 fully saturated rings. The van der Waals surface area contributed by atoms with E-state index < -0.39 is 0 Å². The number of nitrogens with one attached hydrogen (secondary N) is 1. The van der Waals surface area contributed by atoms with Gasteiger partial charge in [-0.1, -0.05) is 0 Å². The minimum Gasteiger partial charge on any atom is -0.383 e.